The third kappa shape index (κ3) is 3.77. The second kappa shape index (κ2) is 8.31. The van der Waals surface area contributed by atoms with Gasteiger partial charge in [0.2, 0.25) is 0 Å². The van der Waals surface area contributed by atoms with Crippen molar-refractivity contribution in [3.63, 3.8) is 0 Å². The molecule has 0 bridgehead atoms. The van der Waals surface area contributed by atoms with Crippen LogP contribution in [0.1, 0.15) is 72.6 Å². The molecule has 0 aliphatic heterocycles. The van der Waals surface area contributed by atoms with E-state index in [0.29, 0.717) is 19.4 Å². The van der Waals surface area contributed by atoms with E-state index in [4.69, 9.17) is 14.2 Å². The highest BCUT2D eigenvalue weighted by Crippen LogP contribution is 2.64. The zero-order chi connectivity index (χ0) is 23.3. The highest BCUT2D eigenvalue weighted by atomic mass is 16.6. The van der Waals surface area contributed by atoms with Crippen LogP contribution in [0.2, 0.25) is 0 Å². The van der Waals surface area contributed by atoms with Crippen molar-refractivity contribution in [2.45, 2.75) is 84.8 Å². The van der Waals surface area contributed by atoms with E-state index in [-0.39, 0.29) is 47.0 Å². The number of hydrogen-bond donors (Lipinski definition) is 0. The molecule has 0 radical (unpaired) electrons. The third-order valence-electron chi connectivity index (χ3n) is 8.67. The molecule has 7 heteroatoms. The van der Waals surface area contributed by atoms with Gasteiger partial charge in [0.25, 0.3) is 0 Å². The summed E-state index contributed by atoms with van der Waals surface area (Å²) in [6.07, 6.45) is 6.66. The van der Waals surface area contributed by atoms with Crippen LogP contribution in [0.3, 0.4) is 0 Å². The number of rotatable bonds is 4. The second-order valence-electron chi connectivity index (χ2n) is 10.4. The largest absolute Gasteiger partial charge is 0.465 e. The fraction of sp³-hybridized carbons (Fsp3) is 0.760. The summed E-state index contributed by atoms with van der Waals surface area (Å²) in [6.45, 7) is 6.58. The molecule has 0 amide bonds. The average molecular weight is 447 g/mol. The molecule has 0 aromatic rings. The molecule has 7 atom stereocenters. The van der Waals surface area contributed by atoms with Crippen LogP contribution in [0.5, 0.6) is 0 Å². The van der Waals surface area contributed by atoms with E-state index in [1.807, 2.05) is 6.92 Å². The lowest BCUT2D eigenvalue weighted by molar-refractivity contribution is -0.155. The third-order valence-corrected chi connectivity index (χ3v) is 8.67. The highest BCUT2D eigenvalue weighted by Gasteiger charge is 2.63. The number of Topliss-reactive ketones (excluding diaryl/α,β-unsaturated/α-hetero) is 1. The Labute approximate surface area is 189 Å². The van der Waals surface area contributed by atoms with Gasteiger partial charge in [0, 0.05) is 38.0 Å². The number of carbonyl (C=O) groups excluding carboxylic acids is 4. The van der Waals surface area contributed by atoms with E-state index in [9.17, 15) is 19.2 Å². The molecule has 32 heavy (non-hydrogen) atoms. The lowest BCUT2D eigenvalue weighted by Crippen LogP contribution is -2.53. The van der Waals surface area contributed by atoms with Gasteiger partial charge < -0.3 is 14.2 Å². The van der Waals surface area contributed by atoms with Crippen LogP contribution in [-0.2, 0) is 33.4 Å². The molecule has 4 rings (SSSR count). The van der Waals surface area contributed by atoms with Crippen molar-refractivity contribution in [1.82, 2.24) is 0 Å². The molecule has 0 aromatic heterocycles. The monoisotopic (exact) mass is 446 g/mol. The van der Waals surface area contributed by atoms with Gasteiger partial charge >= 0.3 is 17.9 Å². The summed E-state index contributed by atoms with van der Waals surface area (Å²) in [5, 5.41) is 0. The molecular weight excluding hydrogens is 412 g/mol. The van der Waals surface area contributed by atoms with Crippen LogP contribution in [0.15, 0.2) is 11.6 Å². The Bertz CT molecular complexity index is 860. The molecule has 0 spiro atoms. The van der Waals surface area contributed by atoms with Gasteiger partial charge in [-0.2, -0.15) is 0 Å². The van der Waals surface area contributed by atoms with Crippen LogP contribution in [0, 0.1) is 28.6 Å². The minimum Gasteiger partial charge on any atom is -0.465 e. The Hall–Kier alpha value is -2.18. The molecule has 0 saturated heterocycles. The first-order valence-electron chi connectivity index (χ1n) is 11.8. The van der Waals surface area contributed by atoms with Crippen molar-refractivity contribution in [2.24, 2.45) is 28.6 Å². The van der Waals surface area contributed by atoms with E-state index in [0.717, 1.165) is 32.1 Å². The van der Waals surface area contributed by atoms with Gasteiger partial charge in [0.1, 0.15) is 12.7 Å². The zero-order valence-electron chi connectivity index (χ0n) is 19.5. The fourth-order valence-electron chi connectivity index (χ4n) is 7.33. The summed E-state index contributed by atoms with van der Waals surface area (Å²) in [7, 11) is 0. The number of carbonyl (C=O) groups is 4. The van der Waals surface area contributed by atoms with Crippen molar-refractivity contribution < 1.29 is 33.4 Å². The SMILES string of the molecule is CC(=O)OC[C@]12CC[C@H](OC(C)=O)CC1=CC[C@H]1[C@H]2CC[C@]2(C)C(=O)[C@@H](OC(C)=O)C[C@H]12. The summed E-state index contributed by atoms with van der Waals surface area (Å²) < 4.78 is 16.5. The predicted octanol–water partition coefficient (Wildman–Crippen LogP) is 3.53. The Kier molecular flexibility index (Phi) is 5.97. The van der Waals surface area contributed by atoms with E-state index >= 15 is 0 Å². The molecule has 0 aromatic carbocycles. The molecule has 0 unspecified atom stereocenters. The van der Waals surface area contributed by atoms with Crippen molar-refractivity contribution in [3.8, 4) is 0 Å². The molecular formula is C25H34O7. The minimum atomic E-state index is -0.657. The topological polar surface area (TPSA) is 96.0 Å². The molecule has 0 N–H and O–H groups in total. The Balaban J connectivity index is 1.65. The molecule has 3 saturated carbocycles. The maximum Gasteiger partial charge on any atom is 0.303 e. The van der Waals surface area contributed by atoms with E-state index < -0.39 is 17.5 Å². The summed E-state index contributed by atoms with van der Waals surface area (Å²) in [6, 6.07) is 0. The Morgan fingerprint density at radius 2 is 1.72 bits per heavy atom. The second-order valence-corrected chi connectivity index (χ2v) is 10.4. The van der Waals surface area contributed by atoms with Crippen molar-refractivity contribution in [1.29, 1.82) is 0 Å². The first-order valence-corrected chi connectivity index (χ1v) is 11.8. The maximum atomic E-state index is 13.2. The number of ketones is 1. The summed E-state index contributed by atoms with van der Waals surface area (Å²) in [5.41, 5.74) is 0.459. The van der Waals surface area contributed by atoms with Crippen LogP contribution in [-0.4, -0.2) is 42.5 Å². The van der Waals surface area contributed by atoms with Crippen molar-refractivity contribution in [2.75, 3.05) is 6.61 Å². The number of allylic oxidation sites excluding steroid dienone is 1. The zero-order valence-corrected chi connectivity index (χ0v) is 19.5. The van der Waals surface area contributed by atoms with Gasteiger partial charge in [0.05, 0.1) is 0 Å². The summed E-state index contributed by atoms with van der Waals surface area (Å²) in [5.74, 6) is -0.247. The van der Waals surface area contributed by atoms with Gasteiger partial charge in [-0.25, -0.2) is 0 Å². The summed E-state index contributed by atoms with van der Waals surface area (Å²) in [4.78, 5) is 48.0. The van der Waals surface area contributed by atoms with Crippen molar-refractivity contribution >= 4 is 23.7 Å². The number of hydrogen-bond acceptors (Lipinski definition) is 7. The number of esters is 3. The maximum absolute atomic E-state index is 13.2. The Morgan fingerprint density at radius 3 is 2.38 bits per heavy atom. The van der Waals surface area contributed by atoms with Gasteiger partial charge in [-0.3, -0.25) is 19.2 Å². The van der Waals surface area contributed by atoms with Crippen molar-refractivity contribution in [3.05, 3.63) is 11.6 Å². The van der Waals surface area contributed by atoms with E-state index in [1.165, 1.54) is 26.3 Å². The first kappa shape index (κ1) is 23.0. The van der Waals surface area contributed by atoms with Crippen LogP contribution in [0.25, 0.3) is 0 Å². The standard InChI is InChI=1S/C25H34O7/c1-14(26)30-13-25-10-7-18(31-15(2)27)11-17(25)5-6-19-20(25)8-9-24(4)21(19)12-22(23(24)29)32-16(3)28/h5,18-22H,6-13H2,1-4H3/t18-,19-,20+,21+,22-,24-,25+/m0/s1. The van der Waals surface area contributed by atoms with Gasteiger partial charge in [-0.15, -0.1) is 0 Å². The highest BCUT2D eigenvalue weighted by molar-refractivity contribution is 5.92. The average Bonchev–Trinajstić information content (AvgIpc) is 2.96. The quantitative estimate of drug-likeness (QED) is 0.370. The normalized spacial score (nSPS) is 40.3. The summed E-state index contributed by atoms with van der Waals surface area (Å²) >= 11 is 0. The molecule has 7 nitrogen and oxygen atoms in total. The lowest BCUT2D eigenvalue weighted by atomic mass is 9.47. The predicted molar refractivity (Wildman–Crippen MR) is 114 cm³/mol. The molecule has 176 valence electrons. The van der Waals surface area contributed by atoms with Gasteiger partial charge in [0.15, 0.2) is 11.9 Å². The molecule has 4 aliphatic carbocycles. The minimum absolute atomic E-state index is 0.0542. The number of fused-ring (bicyclic) bond motifs is 5. The molecule has 4 aliphatic rings. The van der Waals surface area contributed by atoms with Gasteiger partial charge in [-0.05, 0) is 56.3 Å². The first-order chi connectivity index (χ1) is 15.1. The van der Waals surface area contributed by atoms with E-state index in [1.54, 1.807) is 0 Å². The lowest BCUT2D eigenvalue weighted by Gasteiger charge is -2.57. The van der Waals surface area contributed by atoms with Gasteiger partial charge in [-0.1, -0.05) is 18.6 Å². The van der Waals surface area contributed by atoms with Crippen LogP contribution < -0.4 is 0 Å². The fourth-order valence-corrected chi connectivity index (χ4v) is 7.33. The van der Waals surface area contributed by atoms with E-state index in [2.05, 4.69) is 6.08 Å². The molecule has 3 fully saturated rings. The number of ether oxygens (including phenoxy) is 3. The smallest absolute Gasteiger partial charge is 0.303 e. The van der Waals surface area contributed by atoms with Crippen LogP contribution >= 0.6 is 0 Å². The molecule has 0 heterocycles. The van der Waals surface area contributed by atoms with Crippen LogP contribution in [0.4, 0.5) is 0 Å². The Morgan fingerprint density at radius 1 is 1.00 bits per heavy atom.